The molecule has 1 N–H and O–H groups in total. The van der Waals surface area contributed by atoms with Gasteiger partial charge in [-0.25, -0.2) is 9.97 Å². The molecular formula is C23H22F3N7O2. The molecule has 3 aromatic rings. The van der Waals surface area contributed by atoms with Gasteiger partial charge in [0.15, 0.2) is 5.82 Å². The van der Waals surface area contributed by atoms with Crippen LogP contribution in [-0.4, -0.2) is 45.5 Å². The molecule has 9 nitrogen and oxygen atoms in total. The van der Waals surface area contributed by atoms with Gasteiger partial charge in [0.05, 0.1) is 17.5 Å². The largest absolute Gasteiger partial charge is 0.437 e. The van der Waals surface area contributed by atoms with Crippen molar-refractivity contribution >= 4 is 23.4 Å². The topological polar surface area (TPSA) is 96.4 Å². The molecule has 0 fully saturated rings. The average molecular weight is 485 g/mol. The number of nitrogens with zero attached hydrogens (tertiary/aromatic N) is 6. The van der Waals surface area contributed by atoms with Crippen molar-refractivity contribution in [2.75, 3.05) is 28.7 Å². The molecule has 12 heteroatoms. The number of rotatable bonds is 5. The van der Waals surface area contributed by atoms with Gasteiger partial charge in [0, 0.05) is 38.6 Å². The number of carbonyl (C=O) groups is 1. The number of halogens is 3. The zero-order valence-electron chi connectivity index (χ0n) is 19.0. The fourth-order valence-corrected chi connectivity index (χ4v) is 4.08. The maximum atomic E-state index is 12.9. The molecule has 182 valence electrons. The van der Waals surface area contributed by atoms with Crippen molar-refractivity contribution in [1.82, 2.24) is 19.9 Å². The standard InChI is InChI=1S/C23H22F3N7O2/c1-13-21(34)33-7-3-4-17-19(33)20(32(13)2)31-22(30-17)29-10-14-5-6-18(28-9-14)35-16-8-15(11-27-12-16)23(24,25)26/h5-6,8-9,11-13H,3-4,7,10H2,1-2H3,(H,29,30,31)/t13-/m0/s1. The molecule has 0 spiro atoms. The second kappa shape index (κ2) is 8.67. The van der Waals surface area contributed by atoms with E-state index in [4.69, 9.17) is 4.74 Å². The fourth-order valence-electron chi connectivity index (χ4n) is 4.08. The van der Waals surface area contributed by atoms with E-state index in [9.17, 15) is 18.0 Å². The van der Waals surface area contributed by atoms with Crippen LogP contribution in [0.15, 0.2) is 36.8 Å². The number of ether oxygens (including phenoxy) is 1. The van der Waals surface area contributed by atoms with Gasteiger partial charge < -0.3 is 19.9 Å². The second-order valence-corrected chi connectivity index (χ2v) is 8.41. The summed E-state index contributed by atoms with van der Waals surface area (Å²) in [6.45, 7) is 2.90. The Morgan fingerprint density at radius 2 is 2.03 bits per heavy atom. The molecule has 5 heterocycles. The maximum Gasteiger partial charge on any atom is 0.418 e. The van der Waals surface area contributed by atoms with Crippen LogP contribution < -0.4 is 19.9 Å². The summed E-state index contributed by atoms with van der Waals surface area (Å²) in [6, 6.07) is 3.87. The van der Waals surface area contributed by atoms with E-state index < -0.39 is 11.7 Å². The molecule has 35 heavy (non-hydrogen) atoms. The predicted octanol–water partition coefficient (Wildman–Crippen LogP) is 3.81. The summed E-state index contributed by atoms with van der Waals surface area (Å²) in [5.41, 5.74) is 1.53. The number of likely N-dealkylation sites (N-methyl/N-ethyl adjacent to an activating group) is 1. The van der Waals surface area contributed by atoms with E-state index in [0.717, 1.165) is 47.9 Å². The third kappa shape index (κ3) is 4.43. The summed E-state index contributed by atoms with van der Waals surface area (Å²) < 4.78 is 44.0. The number of carbonyl (C=O) groups excluding carboxylic acids is 1. The van der Waals surface area contributed by atoms with Crippen LogP contribution in [0.4, 0.5) is 30.6 Å². The number of pyridine rings is 2. The highest BCUT2D eigenvalue weighted by Crippen LogP contribution is 2.39. The first-order valence-corrected chi connectivity index (χ1v) is 11.0. The minimum Gasteiger partial charge on any atom is -0.437 e. The van der Waals surface area contributed by atoms with Gasteiger partial charge in [-0.1, -0.05) is 6.07 Å². The first-order chi connectivity index (χ1) is 16.7. The Bertz CT molecular complexity index is 1270. The number of hydrogen-bond donors (Lipinski definition) is 1. The molecule has 1 atom stereocenters. The smallest absolute Gasteiger partial charge is 0.418 e. The Morgan fingerprint density at radius 3 is 2.77 bits per heavy atom. The lowest BCUT2D eigenvalue weighted by Crippen LogP contribution is -2.53. The van der Waals surface area contributed by atoms with Gasteiger partial charge in [-0.3, -0.25) is 9.78 Å². The Hall–Kier alpha value is -3.96. The molecule has 0 saturated heterocycles. The van der Waals surface area contributed by atoms with E-state index in [-0.39, 0.29) is 23.6 Å². The molecule has 0 radical (unpaired) electrons. The van der Waals surface area contributed by atoms with Crippen molar-refractivity contribution < 1.29 is 22.7 Å². The van der Waals surface area contributed by atoms with Gasteiger partial charge in [-0.2, -0.15) is 18.2 Å². The fraction of sp³-hybridized carbons (Fsp3) is 0.348. The van der Waals surface area contributed by atoms with Gasteiger partial charge in [0.2, 0.25) is 17.7 Å². The van der Waals surface area contributed by atoms with Crippen LogP contribution in [0, 0.1) is 0 Å². The summed E-state index contributed by atoms with van der Waals surface area (Å²) in [6.07, 6.45) is 0.591. The number of alkyl halides is 3. The Labute approximate surface area is 199 Å². The highest BCUT2D eigenvalue weighted by molar-refractivity contribution is 6.05. The van der Waals surface area contributed by atoms with Crippen molar-refractivity contribution in [3.8, 4) is 11.6 Å². The minimum absolute atomic E-state index is 0.0551. The Morgan fingerprint density at radius 1 is 1.20 bits per heavy atom. The van der Waals surface area contributed by atoms with E-state index >= 15 is 0 Å². The summed E-state index contributed by atoms with van der Waals surface area (Å²) in [5.74, 6) is 1.31. The van der Waals surface area contributed by atoms with E-state index in [0.29, 0.717) is 19.0 Å². The van der Waals surface area contributed by atoms with Gasteiger partial charge in [-0.05, 0) is 31.4 Å². The van der Waals surface area contributed by atoms with Crippen LogP contribution in [0.1, 0.15) is 30.2 Å². The van der Waals surface area contributed by atoms with Crippen molar-refractivity contribution in [3.05, 3.63) is 53.6 Å². The monoisotopic (exact) mass is 485 g/mol. The molecule has 0 saturated carbocycles. The molecular weight excluding hydrogens is 463 g/mol. The van der Waals surface area contributed by atoms with E-state index in [1.54, 1.807) is 23.2 Å². The molecule has 1 amide bonds. The van der Waals surface area contributed by atoms with E-state index in [2.05, 4.69) is 25.3 Å². The molecule has 0 bridgehead atoms. The summed E-state index contributed by atoms with van der Waals surface area (Å²) >= 11 is 0. The first-order valence-electron chi connectivity index (χ1n) is 11.0. The van der Waals surface area contributed by atoms with Gasteiger partial charge in [0.25, 0.3) is 0 Å². The summed E-state index contributed by atoms with van der Waals surface area (Å²) in [7, 11) is 1.85. The number of nitrogens with one attached hydrogen (secondary N) is 1. The SMILES string of the molecule is C[C@H]1C(=O)N2CCCc3nc(NCc4ccc(Oc5cncc(C(F)(F)F)c5)nc4)nc(c32)N1C. The summed E-state index contributed by atoms with van der Waals surface area (Å²) in [4.78, 5) is 33.3. The van der Waals surface area contributed by atoms with Crippen LogP contribution in [0.25, 0.3) is 0 Å². The maximum absolute atomic E-state index is 12.9. The van der Waals surface area contributed by atoms with Gasteiger partial charge in [0.1, 0.15) is 17.5 Å². The van der Waals surface area contributed by atoms with Crippen molar-refractivity contribution in [1.29, 1.82) is 0 Å². The van der Waals surface area contributed by atoms with Crippen LogP contribution >= 0.6 is 0 Å². The minimum atomic E-state index is -4.51. The predicted molar refractivity (Wildman–Crippen MR) is 121 cm³/mol. The number of amides is 1. The van der Waals surface area contributed by atoms with Gasteiger partial charge in [-0.15, -0.1) is 0 Å². The van der Waals surface area contributed by atoms with Gasteiger partial charge >= 0.3 is 6.18 Å². The highest BCUT2D eigenvalue weighted by atomic mass is 19.4. The lowest BCUT2D eigenvalue weighted by molar-refractivity contribution is -0.138. The lowest BCUT2D eigenvalue weighted by atomic mass is 10.0. The van der Waals surface area contributed by atoms with Crippen LogP contribution in [0.3, 0.4) is 0 Å². The summed E-state index contributed by atoms with van der Waals surface area (Å²) in [5, 5.41) is 3.20. The third-order valence-corrected chi connectivity index (χ3v) is 6.05. The number of anilines is 3. The Kier molecular flexibility index (Phi) is 5.65. The molecule has 2 aliphatic rings. The zero-order chi connectivity index (χ0) is 24.7. The molecule has 5 rings (SSSR count). The zero-order valence-corrected chi connectivity index (χ0v) is 19.0. The molecule has 0 aliphatic carbocycles. The second-order valence-electron chi connectivity index (χ2n) is 8.41. The number of hydrogen-bond acceptors (Lipinski definition) is 8. The molecule has 3 aromatic heterocycles. The highest BCUT2D eigenvalue weighted by Gasteiger charge is 2.38. The first kappa shape index (κ1) is 22.8. The lowest BCUT2D eigenvalue weighted by Gasteiger charge is -2.41. The third-order valence-electron chi connectivity index (χ3n) is 6.05. The Balaban J connectivity index is 1.28. The van der Waals surface area contributed by atoms with E-state index in [1.807, 2.05) is 18.9 Å². The molecule has 0 aromatic carbocycles. The molecule has 0 unspecified atom stereocenters. The van der Waals surface area contributed by atoms with Crippen molar-refractivity contribution in [2.45, 2.75) is 38.5 Å². The van der Waals surface area contributed by atoms with Crippen LogP contribution in [-0.2, 0) is 23.9 Å². The average Bonchev–Trinajstić information content (AvgIpc) is 2.85. The number of aryl methyl sites for hydroxylation is 1. The van der Waals surface area contributed by atoms with Crippen LogP contribution in [0.2, 0.25) is 0 Å². The van der Waals surface area contributed by atoms with Crippen molar-refractivity contribution in [2.24, 2.45) is 0 Å². The van der Waals surface area contributed by atoms with Crippen molar-refractivity contribution in [3.63, 3.8) is 0 Å². The number of aromatic nitrogens is 4. The normalized spacial score (nSPS) is 17.3. The van der Waals surface area contributed by atoms with Crippen LogP contribution in [0.5, 0.6) is 11.6 Å². The molecule has 2 aliphatic heterocycles. The van der Waals surface area contributed by atoms with E-state index in [1.165, 1.54) is 6.20 Å². The quantitative estimate of drug-likeness (QED) is 0.583.